The number of aryl methyl sites for hydroxylation is 1. The van der Waals surface area contributed by atoms with Crippen molar-refractivity contribution >= 4 is 28.5 Å². The number of fused-ring (bicyclic) bond motifs is 1. The monoisotopic (exact) mass is 365 g/mol. The Kier molecular flexibility index (Phi) is 3.89. The van der Waals surface area contributed by atoms with E-state index in [-0.39, 0.29) is 0 Å². The molecule has 0 atom stereocenters. The van der Waals surface area contributed by atoms with Gasteiger partial charge in [-0.1, -0.05) is 23.7 Å². The van der Waals surface area contributed by atoms with Crippen LogP contribution in [-0.2, 0) is 0 Å². The number of benzene rings is 1. The number of para-hydroxylation sites is 1. The average molecular weight is 366 g/mol. The number of hydrogen-bond acceptors (Lipinski definition) is 5. The fraction of sp³-hybridized carbons (Fsp3) is 0.263. The third-order valence-corrected chi connectivity index (χ3v) is 5.07. The third-order valence-electron chi connectivity index (χ3n) is 4.75. The predicted octanol–water partition coefficient (Wildman–Crippen LogP) is 3.60. The van der Waals surface area contributed by atoms with E-state index in [1.807, 2.05) is 19.1 Å². The van der Waals surface area contributed by atoms with Gasteiger partial charge in [-0.3, -0.25) is 0 Å². The van der Waals surface area contributed by atoms with Gasteiger partial charge in [0.1, 0.15) is 11.4 Å². The molecule has 2 aromatic heterocycles. The fourth-order valence-electron chi connectivity index (χ4n) is 3.16. The van der Waals surface area contributed by atoms with Gasteiger partial charge in [-0.2, -0.15) is 10.2 Å². The maximum absolute atomic E-state index is 12.8. The molecule has 1 aliphatic carbocycles. The number of halogens is 1. The van der Waals surface area contributed by atoms with Crippen molar-refractivity contribution in [2.75, 3.05) is 5.32 Å². The third kappa shape index (κ3) is 2.61. The van der Waals surface area contributed by atoms with Gasteiger partial charge in [-0.05, 0) is 50.5 Å². The van der Waals surface area contributed by atoms with Crippen molar-refractivity contribution in [3.05, 3.63) is 57.6 Å². The van der Waals surface area contributed by atoms with Crippen LogP contribution in [0, 0.1) is 18.3 Å². The lowest BCUT2D eigenvalue weighted by atomic mass is 9.78. The molecular weight excluding hydrogens is 350 g/mol. The Morgan fingerprint density at radius 1 is 1.23 bits per heavy atom. The van der Waals surface area contributed by atoms with Crippen molar-refractivity contribution in [1.29, 1.82) is 5.26 Å². The highest BCUT2D eigenvalue weighted by atomic mass is 35.5. The zero-order chi connectivity index (χ0) is 18.3. The van der Waals surface area contributed by atoms with Crippen LogP contribution in [0.2, 0.25) is 5.02 Å². The lowest BCUT2D eigenvalue weighted by Crippen LogP contribution is -2.44. The number of hydrogen-bond donors (Lipinski definition) is 1. The van der Waals surface area contributed by atoms with Gasteiger partial charge in [0.25, 0.3) is 0 Å². The van der Waals surface area contributed by atoms with Gasteiger partial charge in [0, 0.05) is 5.69 Å². The summed E-state index contributed by atoms with van der Waals surface area (Å²) in [5.41, 5.74) is 0.619. The van der Waals surface area contributed by atoms with Crippen molar-refractivity contribution in [1.82, 2.24) is 14.5 Å². The largest absolute Gasteiger partial charge is 0.355 e. The Morgan fingerprint density at radius 3 is 2.65 bits per heavy atom. The Bertz CT molecular complexity index is 1110. The topological polar surface area (TPSA) is 83.6 Å². The summed E-state index contributed by atoms with van der Waals surface area (Å²) in [5.74, 6) is 0.391. The molecule has 26 heavy (non-hydrogen) atoms. The van der Waals surface area contributed by atoms with Crippen molar-refractivity contribution < 1.29 is 0 Å². The quantitative estimate of drug-likeness (QED) is 0.766. The van der Waals surface area contributed by atoms with Gasteiger partial charge >= 0.3 is 5.69 Å². The van der Waals surface area contributed by atoms with Gasteiger partial charge in [0.05, 0.1) is 22.2 Å². The molecule has 2 heterocycles. The second-order valence-electron chi connectivity index (χ2n) is 6.53. The van der Waals surface area contributed by atoms with Crippen LogP contribution in [0.15, 0.2) is 41.2 Å². The highest BCUT2D eigenvalue weighted by molar-refractivity contribution is 6.32. The van der Waals surface area contributed by atoms with E-state index in [0.717, 1.165) is 25.0 Å². The molecule has 1 N–H and O–H groups in total. The molecule has 0 aliphatic heterocycles. The van der Waals surface area contributed by atoms with Crippen LogP contribution in [0.4, 0.5) is 5.82 Å². The summed E-state index contributed by atoms with van der Waals surface area (Å²) in [5, 5.41) is 13.8. The smallest absolute Gasteiger partial charge is 0.351 e. The predicted molar refractivity (Wildman–Crippen MR) is 101 cm³/mol. The Hall–Kier alpha value is -2.91. The van der Waals surface area contributed by atoms with Gasteiger partial charge in [-0.15, -0.1) is 0 Å². The van der Waals surface area contributed by atoms with Crippen LogP contribution in [-0.4, -0.2) is 20.1 Å². The standard InChI is InChI=1S/C19H16ClN5O/c1-12-7-8-13-16(24-19(11-21)9-4-10-19)23-18(26)25(17(13)22-12)15-6-3-2-5-14(15)20/h2-3,5-8H,4,9-10H2,1H3,(H,23,24,26). The molecule has 0 spiro atoms. The summed E-state index contributed by atoms with van der Waals surface area (Å²) in [7, 11) is 0. The van der Waals surface area contributed by atoms with E-state index in [1.54, 1.807) is 24.3 Å². The zero-order valence-electron chi connectivity index (χ0n) is 14.2. The van der Waals surface area contributed by atoms with E-state index >= 15 is 0 Å². The Balaban J connectivity index is 1.99. The van der Waals surface area contributed by atoms with Crippen molar-refractivity contribution in [2.45, 2.75) is 31.7 Å². The van der Waals surface area contributed by atoms with Gasteiger partial charge < -0.3 is 5.32 Å². The first kappa shape index (κ1) is 16.6. The van der Waals surface area contributed by atoms with Crippen molar-refractivity contribution in [3.63, 3.8) is 0 Å². The number of nitrogens with one attached hydrogen (secondary N) is 1. The zero-order valence-corrected chi connectivity index (χ0v) is 14.9. The summed E-state index contributed by atoms with van der Waals surface area (Å²) >= 11 is 6.30. The summed E-state index contributed by atoms with van der Waals surface area (Å²) in [6.07, 6.45) is 2.45. The fourth-order valence-corrected chi connectivity index (χ4v) is 3.38. The van der Waals surface area contributed by atoms with Crippen LogP contribution in [0.25, 0.3) is 16.7 Å². The normalized spacial score (nSPS) is 15.3. The van der Waals surface area contributed by atoms with Crippen molar-refractivity contribution in [2.24, 2.45) is 0 Å². The second kappa shape index (κ2) is 6.11. The summed E-state index contributed by atoms with van der Waals surface area (Å²) in [6, 6.07) is 13.1. The first-order valence-corrected chi connectivity index (χ1v) is 8.76. The molecule has 7 heteroatoms. The lowest BCUT2D eigenvalue weighted by molar-refractivity contribution is 0.356. The SMILES string of the molecule is Cc1ccc2c(NC3(C#N)CCC3)nc(=O)n(-c3ccccc3Cl)c2n1. The van der Waals surface area contributed by atoms with Crippen LogP contribution in [0.5, 0.6) is 0 Å². The highest BCUT2D eigenvalue weighted by Gasteiger charge is 2.38. The number of rotatable bonds is 3. The summed E-state index contributed by atoms with van der Waals surface area (Å²) < 4.78 is 1.41. The Labute approximate surface area is 155 Å². The van der Waals surface area contributed by atoms with Crippen LogP contribution in [0.1, 0.15) is 25.0 Å². The number of aromatic nitrogens is 3. The van der Waals surface area contributed by atoms with E-state index < -0.39 is 11.2 Å². The molecule has 3 aromatic rings. The Morgan fingerprint density at radius 2 is 2.00 bits per heavy atom. The van der Waals surface area contributed by atoms with E-state index in [1.165, 1.54) is 4.57 Å². The van der Waals surface area contributed by atoms with E-state index in [9.17, 15) is 10.1 Å². The maximum Gasteiger partial charge on any atom is 0.355 e. The van der Waals surface area contributed by atoms with Crippen LogP contribution >= 0.6 is 11.6 Å². The second-order valence-corrected chi connectivity index (χ2v) is 6.93. The molecule has 1 fully saturated rings. The number of nitriles is 1. The number of nitrogens with zero attached hydrogens (tertiary/aromatic N) is 4. The lowest BCUT2D eigenvalue weighted by Gasteiger charge is -2.36. The van der Waals surface area contributed by atoms with Gasteiger partial charge in [0.2, 0.25) is 0 Å². The van der Waals surface area contributed by atoms with E-state index in [2.05, 4.69) is 21.4 Å². The van der Waals surface area contributed by atoms with Crippen LogP contribution < -0.4 is 11.0 Å². The summed E-state index contributed by atoms with van der Waals surface area (Å²) in [6.45, 7) is 1.86. The molecule has 0 unspecified atom stereocenters. The minimum absolute atomic E-state index is 0.391. The molecule has 0 saturated heterocycles. The molecule has 4 rings (SSSR count). The summed E-state index contributed by atoms with van der Waals surface area (Å²) in [4.78, 5) is 21.6. The molecule has 130 valence electrons. The molecule has 6 nitrogen and oxygen atoms in total. The minimum atomic E-state index is -0.659. The molecule has 0 amide bonds. The molecule has 1 saturated carbocycles. The highest BCUT2D eigenvalue weighted by Crippen LogP contribution is 2.35. The first-order valence-electron chi connectivity index (χ1n) is 8.38. The number of pyridine rings is 1. The van der Waals surface area contributed by atoms with Gasteiger partial charge in [0.15, 0.2) is 5.65 Å². The molecule has 1 aromatic carbocycles. The molecular formula is C19H16ClN5O. The van der Waals surface area contributed by atoms with Crippen LogP contribution in [0.3, 0.4) is 0 Å². The van der Waals surface area contributed by atoms with E-state index in [0.29, 0.717) is 27.6 Å². The molecule has 0 radical (unpaired) electrons. The number of anilines is 1. The first-order chi connectivity index (χ1) is 12.5. The molecule has 0 bridgehead atoms. The van der Waals surface area contributed by atoms with Gasteiger partial charge in [-0.25, -0.2) is 14.3 Å². The average Bonchev–Trinajstić information content (AvgIpc) is 2.59. The van der Waals surface area contributed by atoms with E-state index in [4.69, 9.17) is 11.6 Å². The maximum atomic E-state index is 12.8. The molecule has 1 aliphatic rings. The minimum Gasteiger partial charge on any atom is -0.351 e. The van der Waals surface area contributed by atoms with Crippen molar-refractivity contribution in [3.8, 4) is 11.8 Å².